The number of ketones is 1. The summed E-state index contributed by atoms with van der Waals surface area (Å²) in [6.45, 7) is 2.98. The van der Waals surface area contributed by atoms with Gasteiger partial charge in [0.2, 0.25) is 5.16 Å². The van der Waals surface area contributed by atoms with Crippen LogP contribution in [0, 0.1) is 0 Å². The third-order valence-electron chi connectivity index (χ3n) is 6.26. The lowest BCUT2D eigenvalue weighted by molar-refractivity contribution is 0.101. The normalized spacial score (nSPS) is 11.9. The molecule has 37 heavy (non-hydrogen) atoms. The number of thioether (sulfide) groups is 1. The van der Waals surface area contributed by atoms with Crippen molar-refractivity contribution in [2.45, 2.75) is 93.3 Å². The van der Waals surface area contributed by atoms with Crippen molar-refractivity contribution in [2.24, 2.45) is 0 Å². The molecule has 0 aliphatic heterocycles. The first kappa shape index (κ1) is 29.4. The van der Waals surface area contributed by atoms with Gasteiger partial charge in [0.1, 0.15) is 9.91 Å². The maximum Gasteiger partial charge on any atom is 0.215 e. The summed E-state index contributed by atoms with van der Waals surface area (Å²) < 4.78 is 7.00. The molecule has 0 amide bonds. The van der Waals surface area contributed by atoms with Crippen LogP contribution in [0.5, 0.6) is 5.75 Å². The van der Waals surface area contributed by atoms with Crippen molar-refractivity contribution in [3.05, 3.63) is 60.2 Å². The number of aromatic nitrogens is 4. The summed E-state index contributed by atoms with van der Waals surface area (Å²) in [6, 6.07) is 17.0. The minimum atomic E-state index is -0.506. The van der Waals surface area contributed by atoms with Crippen LogP contribution >= 0.6 is 27.7 Å². The second kappa shape index (κ2) is 17.3. The maximum absolute atomic E-state index is 12.9. The molecule has 0 saturated heterocycles. The summed E-state index contributed by atoms with van der Waals surface area (Å²) >= 11 is 4.77. The van der Waals surface area contributed by atoms with E-state index in [-0.39, 0.29) is 5.78 Å². The van der Waals surface area contributed by atoms with Crippen molar-refractivity contribution >= 4 is 33.5 Å². The molecule has 8 heteroatoms. The number of alkyl halides is 1. The Morgan fingerprint density at radius 3 is 2.08 bits per heavy atom. The molecule has 2 aromatic carbocycles. The van der Waals surface area contributed by atoms with Crippen molar-refractivity contribution in [3.8, 4) is 11.4 Å². The number of rotatable bonds is 19. The summed E-state index contributed by atoms with van der Waals surface area (Å²) in [5, 5.41) is 12.4. The van der Waals surface area contributed by atoms with Crippen molar-refractivity contribution in [3.63, 3.8) is 0 Å². The second-order valence-electron chi connectivity index (χ2n) is 9.27. The van der Waals surface area contributed by atoms with Gasteiger partial charge in [0.05, 0.1) is 12.3 Å². The molecule has 0 spiro atoms. The fraction of sp³-hybridized carbons (Fsp3) is 0.517. The van der Waals surface area contributed by atoms with Gasteiger partial charge in [-0.1, -0.05) is 123 Å². The van der Waals surface area contributed by atoms with E-state index in [0.717, 1.165) is 17.9 Å². The fourth-order valence-electron chi connectivity index (χ4n) is 4.11. The highest BCUT2D eigenvalue weighted by molar-refractivity contribution is 9.11. The van der Waals surface area contributed by atoms with E-state index in [1.807, 2.05) is 54.6 Å². The first-order valence-electron chi connectivity index (χ1n) is 13.6. The Morgan fingerprint density at radius 2 is 1.46 bits per heavy atom. The molecule has 0 radical (unpaired) electrons. The van der Waals surface area contributed by atoms with E-state index in [1.165, 1.54) is 82.4 Å². The zero-order valence-electron chi connectivity index (χ0n) is 21.9. The first-order valence-corrected chi connectivity index (χ1v) is 15.4. The molecule has 3 aromatic rings. The number of ether oxygens (including phenoxy) is 1. The molecular formula is C29H39BrN4O2S. The molecule has 1 atom stereocenters. The largest absolute Gasteiger partial charge is 0.494 e. The minimum Gasteiger partial charge on any atom is -0.494 e. The van der Waals surface area contributed by atoms with Crippen LogP contribution in [0.25, 0.3) is 5.69 Å². The molecule has 200 valence electrons. The third-order valence-corrected chi connectivity index (χ3v) is 8.13. The highest BCUT2D eigenvalue weighted by atomic mass is 79.9. The van der Waals surface area contributed by atoms with E-state index in [4.69, 9.17) is 4.74 Å². The number of benzene rings is 2. The van der Waals surface area contributed by atoms with Crippen molar-refractivity contribution in [1.29, 1.82) is 0 Å². The molecule has 0 fully saturated rings. The Labute approximate surface area is 234 Å². The van der Waals surface area contributed by atoms with Gasteiger partial charge in [-0.2, -0.15) is 4.68 Å². The zero-order valence-corrected chi connectivity index (χ0v) is 24.3. The Balaban J connectivity index is 1.30. The number of hydrogen-bond acceptors (Lipinski definition) is 6. The van der Waals surface area contributed by atoms with Crippen molar-refractivity contribution in [2.75, 3.05) is 6.61 Å². The van der Waals surface area contributed by atoms with Crippen LogP contribution < -0.4 is 4.74 Å². The number of para-hydroxylation sites is 1. The van der Waals surface area contributed by atoms with Gasteiger partial charge in [-0.25, -0.2) is 0 Å². The van der Waals surface area contributed by atoms with Crippen LogP contribution in [0.2, 0.25) is 0 Å². The van der Waals surface area contributed by atoms with Crippen LogP contribution in [-0.2, 0) is 0 Å². The Hall–Kier alpha value is -2.19. The molecule has 1 unspecified atom stereocenters. The standard InChI is InChI=1S/C29H39BrN4O2S/c1-2-3-4-5-6-7-8-9-10-11-12-16-23-36-26-21-19-24(20-22-26)27(35)28(30)37-29-31-32-33-34(29)25-17-14-13-15-18-25/h13-15,17-22,28H,2-12,16,23H2,1H3. The molecule has 0 saturated carbocycles. The molecule has 1 heterocycles. The monoisotopic (exact) mass is 586 g/mol. The molecular weight excluding hydrogens is 548 g/mol. The van der Waals surface area contributed by atoms with E-state index < -0.39 is 4.16 Å². The number of hydrogen-bond donors (Lipinski definition) is 0. The highest BCUT2D eigenvalue weighted by Gasteiger charge is 2.22. The number of halogens is 1. The summed E-state index contributed by atoms with van der Waals surface area (Å²) in [5.41, 5.74) is 1.46. The van der Waals surface area contributed by atoms with E-state index in [2.05, 4.69) is 38.4 Å². The van der Waals surface area contributed by atoms with Gasteiger partial charge in [-0.15, -0.1) is 5.10 Å². The minimum absolute atomic E-state index is 0.0416. The van der Waals surface area contributed by atoms with Gasteiger partial charge in [-0.3, -0.25) is 4.79 Å². The first-order chi connectivity index (χ1) is 18.2. The van der Waals surface area contributed by atoms with Gasteiger partial charge in [-0.05, 0) is 53.2 Å². The molecule has 0 aliphatic rings. The Bertz CT molecular complexity index is 1030. The van der Waals surface area contributed by atoms with Crippen LogP contribution in [0.1, 0.15) is 94.3 Å². The van der Waals surface area contributed by atoms with E-state index in [9.17, 15) is 4.79 Å². The van der Waals surface area contributed by atoms with Crippen LogP contribution in [-0.4, -0.2) is 36.8 Å². The van der Waals surface area contributed by atoms with Crippen molar-refractivity contribution < 1.29 is 9.53 Å². The number of unbranched alkanes of at least 4 members (excludes halogenated alkanes) is 11. The average Bonchev–Trinajstić information content (AvgIpc) is 3.39. The number of tetrazole rings is 1. The van der Waals surface area contributed by atoms with Crippen LogP contribution in [0.4, 0.5) is 0 Å². The Morgan fingerprint density at radius 1 is 0.865 bits per heavy atom. The molecule has 0 aliphatic carbocycles. The third kappa shape index (κ3) is 10.6. The second-order valence-corrected chi connectivity index (χ2v) is 11.9. The fourth-order valence-corrected chi connectivity index (χ4v) is 5.63. The summed E-state index contributed by atoms with van der Waals surface area (Å²) in [6.07, 6.45) is 16.0. The Kier molecular flexibility index (Phi) is 13.8. The average molecular weight is 588 g/mol. The van der Waals surface area contributed by atoms with Gasteiger partial charge >= 0.3 is 0 Å². The lowest BCUT2D eigenvalue weighted by Gasteiger charge is -2.10. The lowest BCUT2D eigenvalue weighted by atomic mass is 10.1. The van der Waals surface area contributed by atoms with E-state index in [1.54, 1.807) is 4.68 Å². The number of Topliss-reactive ketones (excluding diaryl/α,β-unsaturated/α-hetero) is 1. The quantitative estimate of drug-likeness (QED) is 0.0607. The van der Waals surface area contributed by atoms with Gasteiger partial charge in [0, 0.05) is 5.56 Å². The lowest BCUT2D eigenvalue weighted by Crippen LogP contribution is -2.12. The number of carbonyl (C=O) groups excluding carboxylic acids is 1. The van der Waals surface area contributed by atoms with Crippen LogP contribution in [0.3, 0.4) is 0 Å². The van der Waals surface area contributed by atoms with Gasteiger partial charge in [0.25, 0.3) is 0 Å². The number of carbonyl (C=O) groups is 1. The summed E-state index contributed by atoms with van der Waals surface area (Å²) in [7, 11) is 0. The van der Waals surface area contributed by atoms with E-state index in [0.29, 0.717) is 17.3 Å². The smallest absolute Gasteiger partial charge is 0.215 e. The summed E-state index contributed by atoms with van der Waals surface area (Å²) in [5.74, 6) is 0.756. The predicted octanol–water partition coefficient (Wildman–Crippen LogP) is 8.44. The molecule has 0 bridgehead atoms. The molecule has 0 N–H and O–H groups in total. The van der Waals surface area contributed by atoms with Gasteiger partial charge in [0.15, 0.2) is 5.78 Å². The maximum atomic E-state index is 12.9. The van der Waals surface area contributed by atoms with Crippen molar-refractivity contribution in [1.82, 2.24) is 20.2 Å². The van der Waals surface area contributed by atoms with Crippen LogP contribution in [0.15, 0.2) is 59.8 Å². The zero-order chi connectivity index (χ0) is 26.1. The van der Waals surface area contributed by atoms with E-state index >= 15 is 0 Å². The SMILES string of the molecule is CCCCCCCCCCCCCCOc1ccc(C(=O)C(Br)Sc2nnnn2-c2ccccc2)cc1. The topological polar surface area (TPSA) is 69.9 Å². The number of nitrogens with zero attached hydrogens (tertiary/aromatic N) is 4. The predicted molar refractivity (Wildman–Crippen MR) is 155 cm³/mol. The molecule has 1 aromatic heterocycles. The molecule has 6 nitrogen and oxygen atoms in total. The summed E-state index contributed by atoms with van der Waals surface area (Å²) in [4.78, 5) is 12.9. The highest BCUT2D eigenvalue weighted by Crippen LogP contribution is 2.29. The molecule has 3 rings (SSSR count). The van der Waals surface area contributed by atoms with Gasteiger partial charge < -0.3 is 4.74 Å².